The number of fused-ring (bicyclic) bond motifs is 7. The molecule has 13 aromatic carbocycles. The quantitative estimate of drug-likeness (QED) is 0.133. The summed E-state index contributed by atoms with van der Waals surface area (Å²) in [6, 6.07) is 13.5. The van der Waals surface area contributed by atoms with Crippen LogP contribution in [0.4, 0.5) is 34.1 Å². The molecule has 0 saturated carbocycles. The lowest BCUT2D eigenvalue weighted by molar-refractivity contribution is 0.568. The fourth-order valence-electron chi connectivity index (χ4n) is 17.9. The van der Waals surface area contributed by atoms with E-state index in [4.69, 9.17) is 0 Å². The number of para-hydroxylation sites is 2. The standard InChI is InChI=1S/C126H148BN3/c1-115(2,3)83-54-48-77(49-55-83)96-70-90(122(22,23)24)72-98(93-59-58-85(117(7,8)9)74-102(93)126(34,35)36)113(96)129-107-66-79(81-62-86(118(10,11)12)68-87(63-81)119(13,14)15)52-60-103(107)127-104-61-53-80(82-64-88(120(16,17)18)69-89(65-82)121(19,20)21)67-108(104)130(110-76-92(75-109(129)112(110)127)128-105-46-39-37-42-94(105)95-43-38-40-47-106(95)128)114-97(78-50-56-84(57-51-78)116(4,5)6)71-91(123(25,26)27)73-99(114)111-100(124(28,29)30)44-41-45-101(111)125(31,32)33/h37-76H,1-36H3/i37D,38D,39D,40D,41D,42D,43D,44D,45D,46D,47D,48D,49D,50D,51D,54D,55D,56D,57D,58D,59D,70D,71D,72D,73D,74D. The van der Waals surface area contributed by atoms with Gasteiger partial charge in [-0.25, -0.2) is 0 Å². The molecule has 670 valence electrons. The van der Waals surface area contributed by atoms with E-state index in [0.717, 1.165) is 22.3 Å². The third-order valence-corrected chi connectivity index (χ3v) is 25.7. The van der Waals surface area contributed by atoms with E-state index in [9.17, 15) is 35.6 Å². The van der Waals surface area contributed by atoms with Crippen LogP contribution in [0.3, 0.4) is 0 Å². The van der Waals surface area contributed by atoms with Crippen LogP contribution in [0.2, 0.25) is 0 Å². The van der Waals surface area contributed by atoms with E-state index < -0.39 is 239 Å². The minimum absolute atomic E-state index is 0.00348. The molecule has 4 heteroatoms. The molecule has 0 radical (unpaired) electrons. The number of benzene rings is 13. The maximum absolute atomic E-state index is 12.1. The Hall–Kier alpha value is -10.7. The number of anilines is 6. The molecule has 0 amide bonds. The summed E-state index contributed by atoms with van der Waals surface area (Å²) < 4.78 is 282. The zero-order valence-corrected chi connectivity index (χ0v) is 84.0. The number of aromatic nitrogens is 1. The van der Waals surface area contributed by atoms with Crippen molar-refractivity contribution in [3.05, 3.63) is 309 Å². The first-order valence-corrected chi connectivity index (χ1v) is 46.2. The van der Waals surface area contributed by atoms with Crippen LogP contribution in [0.5, 0.6) is 0 Å². The SMILES string of the molecule is [2H]c1c([2H])c(C(C)(C)C)c(-c2c([2H])c(C(C)(C)C)c([2H])c(-c3c([2H])c([2H])c(C(C)(C)C)c([2H])c3[2H])c2N2c3cc(-c4cc(C(C)(C)C)cc(C(C)(C)C)c4)ccc3B3c4ccc(-c5cc(C(C)(C)C)cc(C(C)(C)C)c5)cc4N(c4c(-c5c([2H])c([2H])c(C(C)(C)C)c([2H])c5[2H])c([2H])c(C(C)(C)C)c([2H])c4-c4c([2H])c([2H])c(C(C)(C)C)c([2H])c4C(C)(C)C)c4cc(-n5c6c([2H])c([2H])c([2H])c([2H])c6c6c([2H])c([2H])c([2H])c([2H])c65)cc2c43)c(C(C)(C)C)c1[2H]. The summed E-state index contributed by atoms with van der Waals surface area (Å²) in [5, 5.41) is -0.717. The van der Waals surface area contributed by atoms with Crippen molar-refractivity contribution in [2.45, 2.75) is 314 Å². The van der Waals surface area contributed by atoms with Crippen LogP contribution in [-0.2, 0) is 65.0 Å². The third kappa shape index (κ3) is 17.1. The van der Waals surface area contributed by atoms with E-state index in [2.05, 4.69) is 119 Å². The number of hydrogen-bond acceptors (Lipinski definition) is 2. The van der Waals surface area contributed by atoms with Crippen molar-refractivity contribution >= 4 is 79.0 Å². The van der Waals surface area contributed by atoms with Gasteiger partial charge in [-0.3, -0.25) is 0 Å². The molecule has 3 heterocycles. The summed E-state index contributed by atoms with van der Waals surface area (Å²) in [5.41, 5.74) is -7.42. The third-order valence-electron chi connectivity index (χ3n) is 25.7. The first-order chi connectivity index (χ1) is 70.9. The Morgan fingerprint density at radius 1 is 0.231 bits per heavy atom. The molecule has 1 aromatic heterocycles. The van der Waals surface area contributed by atoms with Gasteiger partial charge in [0.25, 0.3) is 6.71 Å². The predicted molar refractivity (Wildman–Crippen MR) is 572 cm³/mol. The smallest absolute Gasteiger partial charge is 0.252 e. The van der Waals surface area contributed by atoms with Gasteiger partial charge in [-0.15, -0.1) is 0 Å². The van der Waals surface area contributed by atoms with E-state index in [0.29, 0.717) is 33.2 Å². The highest BCUT2D eigenvalue weighted by atomic mass is 15.2. The Balaban J connectivity index is 1.37. The number of nitrogens with zero attached hydrogens (tertiary/aromatic N) is 3. The van der Waals surface area contributed by atoms with Crippen molar-refractivity contribution < 1.29 is 35.6 Å². The monoisotopic (exact) mass is 1740 g/mol. The van der Waals surface area contributed by atoms with Gasteiger partial charge in [-0.05, 0) is 253 Å². The fraction of sp³-hybridized carbons (Fsp3) is 0.381. The van der Waals surface area contributed by atoms with Crippen LogP contribution >= 0.6 is 0 Å². The molecule has 0 aliphatic carbocycles. The van der Waals surface area contributed by atoms with E-state index in [1.165, 1.54) is 4.57 Å². The lowest BCUT2D eigenvalue weighted by Crippen LogP contribution is -2.61. The second kappa shape index (κ2) is 31.5. The van der Waals surface area contributed by atoms with Crippen molar-refractivity contribution in [3.63, 3.8) is 0 Å². The zero-order valence-electron chi connectivity index (χ0n) is 110. The Bertz CT molecular complexity index is 8200. The minimum atomic E-state index is -1.36. The number of rotatable bonds is 9. The second-order valence-electron chi connectivity index (χ2n) is 48.9. The summed E-state index contributed by atoms with van der Waals surface area (Å²) in [6.45, 7) is 67.9. The topological polar surface area (TPSA) is 11.4 Å². The molecule has 2 aliphatic rings. The van der Waals surface area contributed by atoms with Gasteiger partial charge < -0.3 is 14.4 Å². The molecule has 0 spiro atoms. The van der Waals surface area contributed by atoms with Crippen molar-refractivity contribution in [1.29, 1.82) is 0 Å². The number of hydrogen-bond donors (Lipinski definition) is 0. The molecule has 2 aliphatic heterocycles. The zero-order chi connectivity index (χ0) is 117. The van der Waals surface area contributed by atoms with Crippen LogP contribution < -0.4 is 26.2 Å². The van der Waals surface area contributed by atoms with E-state index >= 15 is 0 Å². The van der Waals surface area contributed by atoms with E-state index in [1.807, 2.05) is 140 Å². The van der Waals surface area contributed by atoms with Gasteiger partial charge in [-0.2, -0.15) is 0 Å². The predicted octanol–water partition coefficient (Wildman–Crippen LogP) is 34.4. The Kier molecular flexibility index (Phi) is 15.8. The first-order valence-electron chi connectivity index (χ1n) is 59.2. The van der Waals surface area contributed by atoms with E-state index in [1.54, 1.807) is 84.2 Å². The molecule has 0 saturated heterocycles. The van der Waals surface area contributed by atoms with Crippen LogP contribution in [0.15, 0.2) is 242 Å². The van der Waals surface area contributed by atoms with Crippen molar-refractivity contribution in [2.75, 3.05) is 9.80 Å². The highest BCUT2D eigenvalue weighted by Crippen LogP contribution is 2.59. The molecule has 0 bridgehead atoms. The molecule has 0 atom stereocenters. The van der Waals surface area contributed by atoms with Gasteiger partial charge >= 0.3 is 0 Å². The molecular weight excluding hydrogens is 1570 g/mol. The summed E-state index contributed by atoms with van der Waals surface area (Å²) in [5.74, 6) is 0. The van der Waals surface area contributed by atoms with Gasteiger partial charge in [0.1, 0.15) is 0 Å². The Morgan fingerprint density at radius 3 is 0.915 bits per heavy atom. The van der Waals surface area contributed by atoms with Gasteiger partial charge in [-0.1, -0.05) is 431 Å². The molecule has 130 heavy (non-hydrogen) atoms. The fourth-order valence-corrected chi connectivity index (χ4v) is 17.9. The van der Waals surface area contributed by atoms with Crippen LogP contribution in [0, 0.1) is 0 Å². The van der Waals surface area contributed by atoms with Crippen molar-refractivity contribution in [2.24, 2.45) is 0 Å². The summed E-state index contributed by atoms with van der Waals surface area (Å²) in [6.07, 6.45) is 0. The van der Waals surface area contributed by atoms with Gasteiger partial charge in [0, 0.05) is 55.8 Å². The molecule has 0 unspecified atom stereocenters. The van der Waals surface area contributed by atoms with Crippen LogP contribution in [-0.4, -0.2) is 11.3 Å². The molecule has 14 aromatic rings. The lowest BCUT2D eigenvalue weighted by Gasteiger charge is -2.46. The molecular formula is C126H148BN3. The average molecular weight is 1740 g/mol. The minimum Gasteiger partial charge on any atom is -0.310 e. The molecule has 3 nitrogen and oxygen atoms in total. The maximum Gasteiger partial charge on any atom is 0.252 e. The molecule has 0 N–H and O–H groups in total. The summed E-state index contributed by atoms with van der Waals surface area (Å²) in [7, 11) is 0. The summed E-state index contributed by atoms with van der Waals surface area (Å²) in [4.78, 5) is 3.56. The first kappa shape index (κ1) is 65.0. The average Bonchev–Trinajstić information content (AvgIpc) is 1.13. The Morgan fingerprint density at radius 2 is 0.562 bits per heavy atom. The van der Waals surface area contributed by atoms with Crippen molar-refractivity contribution in [3.8, 4) is 72.4 Å². The van der Waals surface area contributed by atoms with Gasteiger partial charge in [0.2, 0.25) is 0 Å². The highest BCUT2D eigenvalue weighted by Gasteiger charge is 2.48. The van der Waals surface area contributed by atoms with Gasteiger partial charge in [0.15, 0.2) is 0 Å². The summed E-state index contributed by atoms with van der Waals surface area (Å²) >= 11 is 0. The van der Waals surface area contributed by atoms with Crippen LogP contribution in [0.1, 0.15) is 352 Å². The maximum atomic E-state index is 12.1. The molecule has 16 rings (SSSR count). The van der Waals surface area contributed by atoms with Crippen molar-refractivity contribution in [1.82, 2.24) is 4.57 Å². The normalized spacial score (nSPS) is 16.8. The Labute approximate surface area is 820 Å². The highest BCUT2D eigenvalue weighted by molar-refractivity contribution is 7.00. The largest absolute Gasteiger partial charge is 0.310 e. The van der Waals surface area contributed by atoms with E-state index in [-0.39, 0.29) is 146 Å². The van der Waals surface area contributed by atoms with Gasteiger partial charge in [0.05, 0.1) is 63.7 Å². The molecule has 0 fully saturated rings. The second-order valence-corrected chi connectivity index (χ2v) is 48.9. The van der Waals surface area contributed by atoms with Crippen LogP contribution in [0.25, 0.3) is 94.3 Å². The lowest BCUT2D eigenvalue weighted by atomic mass is 9.33.